The van der Waals surface area contributed by atoms with Crippen LogP contribution in [0.2, 0.25) is 0 Å². The van der Waals surface area contributed by atoms with Crippen molar-refractivity contribution in [2.24, 2.45) is 10.7 Å². The van der Waals surface area contributed by atoms with Crippen molar-refractivity contribution in [2.75, 3.05) is 10.8 Å². The molecular formula is C18H26ClN3O4. The van der Waals surface area contributed by atoms with Gasteiger partial charge in [0.1, 0.15) is 17.0 Å². The molecule has 0 atom stereocenters. The van der Waals surface area contributed by atoms with Gasteiger partial charge in [0, 0.05) is 0 Å². The Morgan fingerprint density at radius 3 is 1.77 bits per heavy atom. The van der Waals surface area contributed by atoms with Crippen LogP contribution in [0.1, 0.15) is 41.5 Å². The van der Waals surface area contributed by atoms with E-state index in [0.717, 1.165) is 4.90 Å². The number of imide groups is 1. The summed E-state index contributed by atoms with van der Waals surface area (Å²) in [5.74, 6) is 0.361. The van der Waals surface area contributed by atoms with Gasteiger partial charge in [-0.2, -0.15) is 4.90 Å². The van der Waals surface area contributed by atoms with Gasteiger partial charge in [-0.3, -0.25) is 0 Å². The first-order chi connectivity index (χ1) is 11.8. The molecule has 0 unspecified atom stereocenters. The van der Waals surface area contributed by atoms with E-state index in [9.17, 15) is 9.59 Å². The highest BCUT2D eigenvalue weighted by Crippen LogP contribution is 2.24. The molecule has 0 radical (unpaired) electrons. The molecule has 0 bridgehead atoms. The number of hydrogen-bond donors (Lipinski definition) is 1. The van der Waals surface area contributed by atoms with E-state index in [1.54, 1.807) is 65.8 Å². The molecule has 2 N–H and O–H groups in total. The van der Waals surface area contributed by atoms with Crippen LogP contribution in [0.3, 0.4) is 0 Å². The summed E-state index contributed by atoms with van der Waals surface area (Å²) in [5.41, 5.74) is 4.89. The summed E-state index contributed by atoms with van der Waals surface area (Å²) >= 11 is 5.60. The number of nitrogens with zero attached hydrogens (tertiary/aromatic N) is 2. The van der Waals surface area contributed by atoms with E-state index >= 15 is 0 Å². The Balaban J connectivity index is 3.19. The Bertz CT molecular complexity index is 645. The summed E-state index contributed by atoms with van der Waals surface area (Å²) in [4.78, 5) is 30.0. The quantitative estimate of drug-likeness (QED) is 0.468. The van der Waals surface area contributed by atoms with Crippen molar-refractivity contribution in [1.82, 2.24) is 0 Å². The predicted octanol–water partition coefficient (Wildman–Crippen LogP) is 4.59. The van der Waals surface area contributed by atoms with Crippen LogP contribution in [0.25, 0.3) is 0 Å². The van der Waals surface area contributed by atoms with Gasteiger partial charge in [-0.25, -0.2) is 14.6 Å². The number of carbonyl (C=O) groups excluding carboxylic acids is 2. The SMILES string of the molecule is CC(C)(C)OC(=O)N(C(=O)OC(C)(C)C)c1ccc(N=C(N)CCl)cc1. The van der Waals surface area contributed by atoms with E-state index in [1.165, 1.54) is 0 Å². The second-order valence-corrected chi connectivity index (χ2v) is 7.82. The molecule has 2 amide bonds. The van der Waals surface area contributed by atoms with Crippen LogP contribution in [0.15, 0.2) is 29.3 Å². The molecule has 0 heterocycles. The first-order valence-corrected chi connectivity index (χ1v) is 8.61. The van der Waals surface area contributed by atoms with Crippen LogP contribution >= 0.6 is 11.6 Å². The normalized spacial score (nSPS) is 12.5. The third-order valence-electron chi connectivity index (χ3n) is 2.67. The molecule has 1 aromatic rings. The van der Waals surface area contributed by atoms with Crippen molar-refractivity contribution in [3.63, 3.8) is 0 Å². The van der Waals surface area contributed by atoms with Crippen molar-refractivity contribution >= 4 is 41.0 Å². The van der Waals surface area contributed by atoms with Crippen LogP contribution in [-0.2, 0) is 9.47 Å². The summed E-state index contributed by atoms with van der Waals surface area (Å²) < 4.78 is 10.6. The molecule has 1 aromatic carbocycles. The van der Waals surface area contributed by atoms with Crippen LogP contribution in [0, 0.1) is 0 Å². The molecule has 0 aliphatic carbocycles. The second-order valence-electron chi connectivity index (χ2n) is 7.55. The summed E-state index contributed by atoms with van der Waals surface area (Å²) in [7, 11) is 0. The fraction of sp³-hybridized carbons (Fsp3) is 0.500. The highest BCUT2D eigenvalue weighted by molar-refractivity contribution is 6.28. The number of benzene rings is 1. The third-order valence-corrected chi connectivity index (χ3v) is 2.94. The second kappa shape index (κ2) is 8.40. The molecule has 0 aromatic heterocycles. The number of carbonyl (C=O) groups is 2. The largest absolute Gasteiger partial charge is 0.443 e. The zero-order valence-electron chi connectivity index (χ0n) is 16.0. The smallest absolute Gasteiger partial charge is 0.424 e. The number of ether oxygens (including phenoxy) is 2. The number of amidine groups is 1. The lowest BCUT2D eigenvalue weighted by Gasteiger charge is -2.28. The molecule has 0 aliphatic heterocycles. The van der Waals surface area contributed by atoms with E-state index in [2.05, 4.69) is 4.99 Å². The summed E-state index contributed by atoms with van der Waals surface area (Å²) in [6, 6.07) is 6.31. The van der Waals surface area contributed by atoms with Gasteiger partial charge in [0.25, 0.3) is 0 Å². The van der Waals surface area contributed by atoms with Gasteiger partial charge in [0.2, 0.25) is 0 Å². The maximum atomic E-state index is 12.5. The standard InChI is InChI=1S/C18H26ClN3O4/c1-17(2,3)25-15(23)22(16(24)26-18(4,5)6)13-9-7-12(8-10-13)21-14(20)11-19/h7-10H,11H2,1-6H3,(H2,20,21). The predicted molar refractivity (Wildman–Crippen MR) is 103 cm³/mol. The highest BCUT2D eigenvalue weighted by Gasteiger charge is 2.32. The van der Waals surface area contributed by atoms with Crippen LogP contribution in [0.5, 0.6) is 0 Å². The minimum atomic E-state index is -0.830. The van der Waals surface area contributed by atoms with Crippen LogP contribution in [-0.4, -0.2) is 35.1 Å². The van der Waals surface area contributed by atoms with Gasteiger partial charge in [0.15, 0.2) is 0 Å². The van der Waals surface area contributed by atoms with Gasteiger partial charge in [-0.15, -0.1) is 11.6 Å². The fourth-order valence-electron chi connectivity index (χ4n) is 1.77. The van der Waals surface area contributed by atoms with E-state index in [4.69, 9.17) is 26.8 Å². The van der Waals surface area contributed by atoms with Crippen molar-refractivity contribution < 1.29 is 19.1 Å². The Hall–Kier alpha value is -2.28. The summed E-state index contributed by atoms with van der Waals surface area (Å²) in [6.07, 6.45) is -1.66. The molecule has 8 heteroatoms. The molecule has 0 fully saturated rings. The average molecular weight is 384 g/mol. The van der Waals surface area contributed by atoms with E-state index in [-0.39, 0.29) is 17.4 Å². The molecule has 0 saturated heterocycles. The number of aliphatic imine (C=N–C) groups is 1. The Labute approximate surface area is 159 Å². The van der Waals surface area contributed by atoms with Gasteiger partial charge in [0.05, 0.1) is 17.3 Å². The first-order valence-electron chi connectivity index (χ1n) is 8.07. The summed E-state index contributed by atoms with van der Waals surface area (Å²) in [5, 5.41) is 0. The lowest BCUT2D eigenvalue weighted by atomic mass is 10.2. The number of hydrogen-bond acceptors (Lipinski definition) is 5. The molecular weight excluding hydrogens is 358 g/mol. The van der Waals surface area contributed by atoms with Crippen molar-refractivity contribution in [1.29, 1.82) is 0 Å². The third kappa shape index (κ3) is 7.31. The zero-order valence-corrected chi connectivity index (χ0v) is 16.8. The Kier molecular flexibility index (Phi) is 7.03. The van der Waals surface area contributed by atoms with Gasteiger partial charge in [-0.1, -0.05) is 0 Å². The molecule has 26 heavy (non-hydrogen) atoms. The maximum Gasteiger partial charge on any atom is 0.424 e. The van der Waals surface area contributed by atoms with E-state index < -0.39 is 23.4 Å². The highest BCUT2D eigenvalue weighted by atomic mass is 35.5. The molecule has 0 spiro atoms. The van der Waals surface area contributed by atoms with Gasteiger partial charge < -0.3 is 15.2 Å². The minimum Gasteiger partial charge on any atom is -0.443 e. The van der Waals surface area contributed by atoms with Crippen LogP contribution in [0.4, 0.5) is 21.0 Å². The van der Waals surface area contributed by atoms with E-state index in [1.807, 2.05) is 0 Å². The lowest BCUT2D eigenvalue weighted by molar-refractivity contribution is 0.0431. The Morgan fingerprint density at radius 2 is 1.42 bits per heavy atom. The first kappa shape index (κ1) is 21.8. The monoisotopic (exact) mass is 383 g/mol. The topological polar surface area (TPSA) is 94.2 Å². The average Bonchev–Trinajstić information content (AvgIpc) is 2.45. The van der Waals surface area contributed by atoms with Gasteiger partial charge >= 0.3 is 12.2 Å². The number of halogens is 1. The zero-order chi connectivity index (χ0) is 20.1. The lowest BCUT2D eigenvalue weighted by Crippen LogP contribution is -2.43. The summed E-state index contributed by atoms with van der Waals surface area (Å²) in [6.45, 7) is 10.3. The van der Waals surface area contributed by atoms with Crippen LogP contribution < -0.4 is 10.6 Å². The molecule has 7 nitrogen and oxygen atoms in total. The van der Waals surface area contributed by atoms with E-state index in [0.29, 0.717) is 5.69 Å². The fourth-order valence-corrected chi connectivity index (χ4v) is 1.83. The minimum absolute atomic E-state index is 0.101. The number of amides is 2. The number of rotatable bonds is 3. The number of nitrogens with two attached hydrogens (primary N) is 1. The molecule has 0 aliphatic rings. The number of alkyl halides is 1. The molecule has 0 saturated carbocycles. The van der Waals surface area contributed by atoms with Crippen molar-refractivity contribution in [2.45, 2.75) is 52.7 Å². The van der Waals surface area contributed by atoms with Crippen molar-refractivity contribution in [3.8, 4) is 0 Å². The molecule has 144 valence electrons. The molecule has 1 rings (SSSR count). The van der Waals surface area contributed by atoms with Gasteiger partial charge in [-0.05, 0) is 65.8 Å². The Morgan fingerprint density at radius 1 is 1.00 bits per heavy atom. The van der Waals surface area contributed by atoms with Crippen molar-refractivity contribution in [3.05, 3.63) is 24.3 Å². The number of anilines is 1. The maximum absolute atomic E-state index is 12.5.